The lowest BCUT2D eigenvalue weighted by molar-refractivity contribution is -0.143. The van der Waals surface area contributed by atoms with E-state index in [1.165, 1.54) is 30.4 Å². The number of likely N-dealkylation sites (tertiary alicyclic amines) is 1. The molecule has 1 N–H and O–H groups in total. The highest BCUT2D eigenvalue weighted by molar-refractivity contribution is 7.99. The Morgan fingerprint density at radius 1 is 1.06 bits per heavy atom. The molecule has 5 unspecified atom stereocenters. The number of amides is 2. The van der Waals surface area contributed by atoms with E-state index in [1.54, 1.807) is 7.11 Å². The first kappa shape index (κ1) is 31.9. The molecule has 1 aromatic heterocycles. The number of halogens is 1. The van der Waals surface area contributed by atoms with Gasteiger partial charge in [-0.15, -0.1) is 0 Å². The lowest BCUT2D eigenvalue weighted by Gasteiger charge is -2.41. The molecule has 0 radical (unpaired) electrons. The molecule has 8 nitrogen and oxygen atoms in total. The van der Waals surface area contributed by atoms with E-state index in [-0.39, 0.29) is 36.1 Å². The fourth-order valence-electron chi connectivity index (χ4n) is 9.69. The van der Waals surface area contributed by atoms with Gasteiger partial charge in [0.15, 0.2) is 0 Å². The van der Waals surface area contributed by atoms with Crippen molar-refractivity contribution in [3.63, 3.8) is 0 Å². The van der Waals surface area contributed by atoms with Crippen LogP contribution in [0.15, 0.2) is 36.4 Å². The average Bonchev–Trinajstić information content (AvgIpc) is 3.67. The first-order chi connectivity index (χ1) is 23.1. The minimum absolute atomic E-state index is 0.00954. The summed E-state index contributed by atoms with van der Waals surface area (Å²) in [5, 5.41) is 1.12. The van der Waals surface area contributed by atoms with Crippen LogP contribution in [-0.2, 0) is 21.0 Å². The predicted octanol–water partition coefficient (Wildman–Crippen LogP) is 5.88. The molecule has 2 aromatic carbocycles. The van der Waals surface area contributed by atoms with Gasteiger partial charge < -0.3 is 19.1 Å². The van der Waals surface area contributed by atoms with E-state index < -0.39 is 27.7 Å². The molecular weight excluding hydrogens is 628 g/mol. The maximum Gasteiger partial charge on any atom is 0.262 e. The molecule has 3 aromatic rings. The minimum atomic E-state index is -2.98. The number of likely N-dealkylation sites (N-methyl/N-ethyl adjacent to an activating group) is 1. The highest BCUT2D eigenvalue weighted by Crippen LogP contribution is 2.66. The van der Waals surface area contributed by atoms with Crippen molar-refractivity contribution in [3.05, 3.63) is 53.1 Å². The zero-order valence-electron chi connectivity index (χ0n) is 28.1. The van der Waals surface area contributed by atoms with Crippen LogP contribution in [-0.4, -0.2) is 88.0 Å². The number of alkyl halides is 1. The highest BCUT2D eigenvalue weighted by atomic mass is 32.2. The summed E-state index contributed by atoms with van der Waals surface area (Å²) in [5.41, 5.74) is 5.56. The van der Waals surface area contributed by atoms with Crippen LogP contribution in [0.4, 0.5) is 4.39 Å². The van der Waals surface area contributed by atoms with Crippen molar-refractivity contribution in [1.82, 2.24) is 19.1 Å². The van der Waals surface area contributed by atoms with Crippen LogP contribution in [0, 0.1) is 5.41 Å². The summed E-state index contributed by atoms with van der Waals surface area (Å²) < 4.78 is 36.6. The van der Waals surface area contributed by atoms with E-state index in [2.05, 4.69) is 44.1 Å². The second kappa shape index (κ2) is 11.9. The largest absolute Gasteiger partial charge is 0.497 e. The Kier molecular flexibility index (Phi) is 7.90. The third kappa shape index (κ3) is 5.16. The smallest absolute Gasteiger partial charge is 0.262 e. The zero-order chi connectivity index (χ0) is 33.4. The van der Waals surface area contributed by atoms with E-state index in [4.69, 9.17) is 4.74 Å². The summed E-state index contributed by atoms with van der Waals surface area (Å²) in [6, 6.07) is 12.6. The zero-order valence-corrected chi connectivity index (χ0v) is 29.0. The van der Waals surface area contributed by atoms with E-state index in [9.17, 15) is 13.4 Å². The maximum absolute atomic E-state index is 15.0. The number of hydrogen-bond acceptors (Lipinski definition) is 5. The number of nitrogens with zero attached hydrogens (tertiary/aromatic N) is 3. The van der Waals surface area contributed by atoms with Crippen molar-refractivity contribution in [3.8, 4) is 17.0 Å². The Morgan fingerprint density at radius 2 is 1.81 bits per heavy atom. The molecule has 2 amide bonds. The number of carbonyl (C=O) groups is 2. The second-order valence-electron chi connectivity index (χ2n) is 15.1. The van der Waals surface area contributed by atoms with E-state index >= 15 is 4.79 Å². The number of ether oxygens (including phenoxy) is 1. The lowest BCUT2D eigenvalue weighted by Crippen LogP contribution is -2.57. The Labute approximate surface area is 283 Å². The number of aromatic nitrogens is 1. The molecular formula is C38H47FN4O4S. The van der Waals surface area contributed by atoms with Gasteiger partial charge in [-0.3, -0.25) is 18.7 Å². The third-order valence-corrected chi connectivity index (χ3v) is 13.5. The van der Waals surface area contributed by atoms with Crippen molar-refractivity contribution in [1.29, 1.82) is 0 Å². The Bertz CT molecular complexity index is 1890. The molecule has 8 rings (SSSR count). The van der Waals surface area contributed by atoms with Crippen molar-refractivity contribution in [2.45, 2.75) is 88.3 Å². The van der Waals surface area contributed by atoms with Crippen molar-refractivity contribution in [2.24, 2.45) is 5.41 Å². The molecule has 3 aliphatic heterocycles. The Balaban J connectivity index is 1.30. The van der Waals surface area contributed by atoms with Crippen molar-refractivity contribution >= 4 is 38.3 Å². The van der Waals surface area contributed by atoms with Crippen LogP contribution in [0.3, 0.4) is 0 Å². The van der Waals surface area contributed by atoms with Gasteiger partial charge in [-0.1, -0.05) is 25.3 Å². The monoisotopic (exact) mass is 674 g/mol. The summed E-state index contributed by atoms with van der Waals surface area (Å²) in [4.78, 5) is 33.1. The van der Waals surface area contributed by atoms with Crippen LogP contribution in [0.5, 0.6) is 5.75 Å². The first-order valence-electron chi connectivity index (χ1n) is 17.7. The van der Waals surface area contributed by atoms with E-state index in [0.717, 1.165) is 73.1 Å². The molecule has 0 spiro atoms. The molecule has 2 aliphatic carbocycles. The van der Waals surface area contributed by atoms with Gasteiger partial charge in [-0.05, 0) is 98.8 Å². The number of fused-ring (bicyclic) bond motifs is 9. The summed E-state index contributed by atoms with van der Waals surface area (Å²) in [6.07, 6.45) is 8.78. The fraction of sp³-hybridized carbons (Fsp3) is 0.553. The van der Waals surface area contributed by atoms with Crippen LogP contribution in [0.2, 0.25) is 0 Å². The quantitative estimate of drug-likeness (QED) is 0.302. The van der Waals surface area contributed by atoms with Gasteiger partial charge in [0, 0.05) is 75.1 Å². The number of carbonyl (C=O) groups excluding carboxylic acids is 2. The molecule has 4 fully saturated rings. The standard InChI is InChI=1S/C38H47FN4O4S/c1-41-21-26-11-12-27(22-41)43(26)37(45)38-20-32(38)31-19-28(47-2)13-15-29(31)35-34(24-8-5-4-6-9-24)30-14-10-25(18-33(30)42(35)23-38)36(44)40-48(3,46)17-7-16-39/h10,13-15,18-19,24,26-27,32H,3-9,11-12,16-17,20-23H2,1-2H3,(H,40,44,46). The number of benzene rings is 2. The van der Waals surface area contributed by atoms with Gasteiger partial charge in [-0.25, -0.2) is 4.21 Å². The van der Waals surface area contributed by atoms with Gasteiger partial charge >= 0.3 is 0 Å². The van der Waals surface area contributed by atoms with Crippen LogP contribution in [0.1, 0.15) is 91.1 Å². The van der Waals surface area contributed by atoms with Crippen LogP contribution < -0.4 is 9.46 Å². The molecule has 4 heterocycles. The van der Waals surface area contributed by atoms with Crippen LogP contribution >= 0.6 is 0 Å². The second-order valence-corrected chi connectivity index (χ2v) is 17.3. The SMILES string of the molecule is C=S(=O)(CCCF)NC(=O)c1ccc2c(C3CCCCC3)c3n(c2c1)CC1(C(=O)N2C4CCC2CN(C)C4)CC1c1cc(OC)ccc1-3. The molecule has 5 atom stereocenters. The predicted molar refractivity (Wildman–Crippen MR) is 189 cm³/mol. The van der Waals surface area contributed by atoms with Crippen molar-refractivity contribution in [2.75, 3.05) is 39.7 Å². The number of hydrogen-bond donors (Lipinski definition) is 1. The summed E-state index contributed by atoms with van der Waals surface area (Å²) >= 11 is 0. The summed E-state index contributed by atoms with van der Waals surface area (Å²) in [7, 11) is 0.876. The fourth-order valence-corrected chi connectivity index (χ4v) is 10.8. The Morgan fingerprint density at radius 3 is 2.52 bits per heavy atom. The molecule has 10 heteroatoms. The molecule has 256 valence electrons. The van der Waals surface area contributed by atoms with Crippen molar-refractivity contribution < 1.29 is 22.9 Å². The maximum atomic E-state index is 15.0. The van der Waals surface area contributed by atoms with Crippen LogP contribution in [0.25, 0.3) is 22.2 Å². The van der Waals surface area contributed by atoms with E-state index in [1.807, 2.05) is 24.3 Å². The van der Waals surface area contributed by atoms with Gasteiger partial charge in [-0.2, -0.15) is 0 Å². The van der Waals surface area contributed by atoms with Gasteiger partial charge in [0.2, 0.25) is 5.91 Å². The molecule has 5 aliphatic rings. The molecule has 2 bridgehead atoms. The topological polar surface area (TPSA) is 83.9 Å². The van der Waals surface area contributed by atoms with Gasteiger partial charge in [0.05, 0.1) is 24.9 Å². The third-order valence-electron chi connectivity index (χ3n) is 12.0. The number of nitrogens with one attached hydrogen (secondary N) is 1. The number of methoxy groups -OCH3 is 1. The summed E-state index contributed by atoms with van der Waals surface area (Å²) in [5.74, 6) is 4.75. The lowest BCUT2D eigenvalue weighted by atomic mass is 9.81. The summed E-state index contributed by atoms with van der Waals surface area (Å²) in [6.45, 7) is 1.76. The van der Waals surface area contributed by atoms with E-state index in [0.29, 0.717) is 18.0 Å². The number of piperazine rings is 1. The normalized spacial score (nSPS) is 27.8. The minimum Gasteiger partial charge on any atom is -0.497 e. The first-order valence-corrected chi connectivity index (χ1v) is 19.6. The average molecular weight is 675 g/mol. The molecule has 48 heavy (non-hydrogen) atoms. The van der Waals surface area contributed by atoms with Gasteiger partial charge in [0.25, 0.3) is 5.91 Å². The molecule has 2 saturated carbocycles. The highest BCUT2D eigenvalue weighted by Gasteiger charge is 2.65. The molecule has 2 saturated heterocycles. The van der Waals surface area contributed by atoms with Gasteiger partial charge in [0.1, 0.15) is 5.75 Å². The number of rotatable bonds is 8. The Hall–Kier alpha value is -3.37.